The summed E-state index contributed by atoms with van der Waals surface area (Å²) in [5, 5.41) is 9.48. The zero-order chi connectivity index (χ0) is 15.6. The van der Waals surface area contributed by atoms with E-state index in [1.165, 1.54) is 10.6 Å². The van der Waals surface area contributed by atoms with Crippen molar-refractivity contribution in [2.75, 3.05) is 11.4 Å². The average Bonchev–Trinajstić information content (AvgIpc) is 2.72. The molecule has 5 nitrogen and oxygen atoms in total. The van der Waals surface area contributed by atoms with Gasteiger partial charge in [0.1, 0.15) is 17.4 Å². The summed E-state index contributed by atoms with van der Waals surface area (Å²) in [6.07, 6.45) is 0. The maximum Gasteiger partial charge on any atom is 0.323 e. The molecule has 0 atom stereocenters. The first-order chi connectivity index (χ1) is 9.91. The van der Waals surface area contributed by atoms with Gasteiger partial charge in [-0.25, -0.2) is 0 Å². The zero-order valence-electron chi connectivity index (χ0n) is 11.1. The van der Waals surface area contributed by atoms with Gasteiger partial charge in [-0.1, -0.05) is 41.4 Å². The van der Waals surface area contributed by atoms with E-state index < -0.39 is 18.4 Å². The van der Waals surface area contributed by atoms with E-state index in [4.69, 9.17) is 28.3 Å². The Bertz CT molecular complexity index is 683. The molecule has 0 spiro atoms. The summed E-state index contributed by atoms with van der Waals surface area (Å²) in [6.45, 7) is -0.455. The van der Waals surface area contributed by atoms with Crippen LogP contribution in [0.2, 0.25) is 10.2 Å². The van der Waals surface area contributed by atoms with Crippen molar-refractivity contribution in [1.29, 1.82) is 0 Å². The Kier molecular flexibility index (Phi) is 4.55. The summed E-state index contributed by atoms with van der Waals surface area (Å²) in [7, 11) is 1.59. The second kappa shape index (κ2) is 6.20. The number of amides is 1. The molecule has 110 valence electrons. The normalized spacial score (nSPS) is 10.4. The van der Waals surface area contributed by atoms with Crippen molar-refractivity contribution >= 4 is 40.8 Å². The lowest BCUT2D eigenvalue weighted by Gasteiger charge is -2.21. The third-order valence-corrected chi connectivity index (χ3v) is 3.78. The molecule has 0 aliphatic rings. The molecule has 7 heteroatoms. The van der Waals surface area contributed by atoms with Crippen LogP contribution in [0.3, 0.4) is 0 Å². The maximum atomic E-state index is 12.6. The van der Waals surface area contributed by atoms with Gasteiger partial charge in [0.05, 0.1) is 5.02 Å². The number of nitrogens with zero attached hydrogens (tertiary/aromatic N) is 2. The van der Waals surface area contributed by atoms with Crippen LogP contribution in [0.15, 0.2) is 36.4 Å². The van der Waals surface area contributed by atoms with Crippen LogP contribution < -0.4 is 4.90 Å². The number of carbonyl (C=O) groups excluding carboxylic acids is 1. The van der Waals surface area contributed by atoms with Crippen LogP contribution in [0.5, 0.6) is 0 Å². The number of aliphatic carboxylic acids is 1. The molecule has 0 unspecified atom stereocenters. The number of carboxylic acids is 1. The van der Waals surface area contributed by atoms with Crippen molar-refractivity contribution in [1.82, 2.24) is 4.57 Å². The van der Waals surface area contributed by atoms with Crippen molar-refractivity contribution in [3.63, 3.8) is 0 Å². The number of hydrogen-bond donors (Lipinski definition) is 1. The highest BCUT2D eigenvalue weighted by Gasteiger charge is 2.24. The Labute approximate surface area is 131 Å². The number of aromatic nitrogens is 1. The monoisotopic (exact) mass is 326 g/mol. The molecule has 0 bridgehead atoms. The molecule has 1 aromatic heterocycles. The Morgan fingerprint density at radius 3 is 2.33 bits per heavy atom. The lowest BCUT2D eigenvalue weighted by atomic mass is 10.2. The van der Waals surface area contributed by atoms with Crippen molar-refractivity contribution in [3.05, 3.63) is 52.3 Å². The molecule has 0 saturated carbocycles. The summed E-state index contributed by atoms with van der Waals surface area (Å²) < 4.78 is 1.42. The molecular formula is C14H12Cl2N2O3. The van der Waals surface area contributed by atoms with E-state index in [9.17, 15) is 9.59 Å². The SMILES string of the molecule is Cn1c(C(=O)N(CC(=O)O)c2ccccc2)cc(Cl)c1Cl. The Balaban J connectivity index is 2.43. The standard InChI is InChI=1S/C14H12Cl2N2O3/c1-17-11(7-10(15)13(17)16)14(21)18(8-12(19)20)9-5-3-2-4-6-9/h2-7H,8H2,1H3,(H,19,20). The fourth-order valence-corrected chi connectivity index (χ4v) is 2.29. The van der Waals surface area contributed by atoms with Gasteiger partial charge < -0.3 is 9.67 Å². The van der Waals surface area contributed by atoms with Gasteiger partial charge in [0.2, 0.25) is 0 Å². The molecule has 1 aromatic carbocycles. The lowest BCUT2D eigenvalue weighted by Crippen LogP contribution is -2.36. The smallest absolute Gasteiger partial charge is 0.323 e. The van der Waals surface area contributed by atoms with Gasteiger partial charge in [0.15, 0.2) is 0 Å². The zero-order valence-corrected chi connectivity index (χ0v) is 12.6. The van der Waals surface area contributed by atoms with E-state index in [1.807, 2.05) is 0 Å². The Hall–Kier alpha value is -1.98. The quantitative estimate of drug-likeness (QED) is 0.939. The van der Waals surface area contributed by atoms with Crippen molar-refractivity contribution < 1.29 is 14.7 Å². The van der Waals surface area contributed by atoms with Crippen LogP contribution in [0.25, 0.3) is 0 Å². The summed E-state index contributed by atoms with van der Waals surface area (Å²) >= 11 is 11.8. The molecular weight excluding hydrogens is 315 g/mol. The van der Waals surface area contributed by atoms with Gasteiger partial charge >= 0.3 is 5.97 Å². The van der Waals surface area contributed by atoms with Gasteiger partial charge in [0.25, 0.3) is 5.91 Å². The minimum atomic E-state index is -1.11. The fraction of sp³-hybridized carbons (Fsp3) is 0.143. The van der Waals surface area contributed by atoms with E-state index in [-0.39, 0.29) is 15.9 Å². The molecule has 2 aromatic rings. The third-order valence-electron chi connectivity index (χ3n) is 2.94. The Morgan fingerprint density at radius 2 is 1.86 bits per heavy atom. The highest BCUT2D eigenvalue weighted by Crippen LogP contribution is 2.27. The van der Waals surface area contributed by atoms with Crippen molar-refractivity contribution in [2.45, 2.75) is 0 Å². The molecule has 0 fully saturated rings. The van der Waals surface area contributed by atoms with Crippen LogP contribution in [0, 0.1) is 0 Å². The number of carboxylic acid groups (broad SMARTS) is 1. The van der Waals surface area contributed by atoms with E-state index in [0.717, 1.165) is 4.90 Å². The average molecular weight is 327 g/mol. The van der Waals surface area contributed by atoms with E-state index in [0.29, 0.717) is 5.69 Å². The van der Waals surface area contributed by atoms with Crippen molar-refractivity contribution in [3.8, 4) is 0 Å². The second-order valence-corrected chi connectivity index (χ2v) is 5.11. The molecule has 1 N–H and O–H groups in total. The maximum absolute atomic E-state index is 12.6. The predicted molar refractivity (Wildman–Crippen MR) is 81.2 cm³/mol. The van der Waals surface area contributed by atoms with Gasteiger partial charge in [-0.2, -0.15) is 0 Å². The molecule has 0 aliphatic heterocycles. The van der Waals surface area contributed by atoms with Crippen molar-refractivity contribution in [2.24, 2.45) is 7.05 Å². The lowest BCUT2D eigenvalue weighted by molar-refractivity contribution is -0.135. The number of halogens is 2. The van der Waals surface area contributed by atoms with Gasteiger partial charge in [0, 0.05) is 12.7 Å². The molecule has 1 amide bonds. The summed E-state index contributed by atoms with van der Waals surface area (Å²) in [4.78, 5) is 24.8. The molecule has 0 saturated heterocycles. The summed E-state index contributed by atoms with van der Waals surface area (Å²) in [5.41, 5.74) is 0.702. The third kappa shape index (κ3) is 3.20. The van der Waals surface area contributed by atoms with Gasteiger partial charge in [-0.15, -0.1) is 0 Å². The minimum Gasteiger partial charge on any atom is -0.480 e. The molecule has 1 heterocycles. The van der Waals surface area contributed by atoms with Crippen LogP contribution in [0.4, 0.5) is 5.69 Å². The first-order valence-corrected chi connectivity index (χ1v) is 6.77. The number of benzene rings is 1. The fourth-order valence-electron chi connectivity index (χ4n) is 1.91. The van der Waals surface area contributed by atoms with Crippen LogP contribution >= 0.6 is 23.2 Å². The topological polar surface area (TPSA) is 62.5 Å². The Morgan fingerprint density at radius 1 is 1.24 bits per heavy atom. The van der Waals surface area contributed by atoms with E-state index in [2.05, 4.69) is 0 Å². The van der Waals surface area contributed by atoms with Crippen LogP contribution in [-0.4, -0.2) is 28.1 Å². The molecule has 21 heavy (non-hydrogen) atoms. The number of anilines is 1. The van der Waals surface area contributed by atoms with E-state index >= 15 is 0 Å². The first kappa shape index (κ1) is 15.4. The number of rotatable bonds is 4. The van der Waals surface area contributed by atoms with Crippen LogP contribution in [-0.2, 0) is 11.8 Å². The highest BCUT2D eigenvalue weighted by molar-refractivity contribution is 6.42. The predicted octanol–water partition coefficient (Wildman–Crippen LogP) is 3.06. The number of para-hydroxylation sites is 1. The van der Waals surface area contributed by atoms with Crippen LogP contribution in [0.1, 0.15) is 10.5 Å². The van der Waals surface area contributed by atoms with E-state index in [1.54, 1.807) is 37.4 Å². The molecule has 0 radical (unpaired) electrons. The molecule has 0 aliphatic carbocycles. The number of hydrogen-bond acceptors (Lipinski definition) is 2. The minimum absolute atomic E-state index is 0.218. The van der Waals surface area contributed by atoms with Gasteiger partial charge in [-0.05, 0) is 18.2 Å². The number of carbonyl (C=O) groups is 2. The van der Waals surface area contributed by atoms with Gasteiger partial charge in [-0.3, -0.25) is 14.5 Å². The highest BCUT2D eigenvalue weighted by atomic mass is 35.5. The molecule has 2 rings (SSSR count). The summed E-state index contributed by atoms with van der Waals surface area (Å²) in [6, 6.07) is 9.97. The summed E-state index contributed by atoms with van der Waals surface area (Å²) in [5.74, 6) is -1.60. The largest absolute Gasteiger partial charge is 0.480 e. The second-order valence-electron chi connectivity index (χ2n) is 4.35. The first-order valence-electron chi connectivity index (χ1n) is 6.01.